The monoisotopic (exact) mass is 446 g/mol. The van der Waals surface area contributed by atoms with E-state index in [1.807, 2.05) is 5.38 Å². The van der Waals surface area contributed by atoms with E-state index in [1.165, 1.54) is 11.3 Å². The number of carbonyl (C=O) groups is 1. The van der Waals surface area contributed by atoms with Crippen molar-refractivity contribution in [2.24, 2.45) is 0 Å². The van der Waals surface area contributed by atoms with Gasteiger partial charge in [-0.25, -0.2) is 9.97 Å². The Hall–Kier alpha value is -2.26. The van der Waals surface area contributed by atoms with Crippen molar-refractivity contribution in [2.75, 3.05) is 18.4 Å². The number of oxazole rings is 1. The molecule has 0 spiro atoms. The van der Waals surface area contributed by atoms with Gasteiger partial charge in [0.15, 0.2) is 10.8 Å². The first-order valence-corrected chi connectivity index (χ1v) is 11.0. The summed E-state index contributed by atoms with van der Waals surface area (Å²) in [7, 11) is 0. The van der Waals surface area contributed by atoms with Crippen LogP contribution < -0.4 is 5.32 Å². The number of morpholine rings is 1. The fraction of sp³-hybridized carbons (Fsp3) is 0.381. The van der Waals surface area contributed by atoms with Crippen LogP contribution >= 0.6 is 22.9 Å². The summed E-state index contributed by atoms with van der Waals surface area (Å²) >= 11 is 7.32. The third kappa shape index (κ3) is 4.89. The summed E-state index contributed by atoms with van der Waals surface area (Å²) in [6.45, 7) is 8.34. The maximum Gasteiger partial charge on any atom is 0.279 e. The number of hydrogen-bond donors (Lipinski definition) is 1. The molecule has 0 aliphatic carbocycles. The topological polar surface area (TPSA) is 80.5 Å². The van der Waals surface area contributed by atoms with E-state index in [-0.39, 0.29) is 23.8 Å². The minimum atomic E-state index is -0.342. The summed E-state index contributed by atoms with van der Waals surface area (Å²) in [6, 6.07) is 7.11. The van der Waals surface area contributed by atoms with Crippen LogP contribution in [-0.4, -0.2) is 46.1 Å². The second-order valence-electron chi connectivity index (χ2n) is 7.48. The van der Waals surface area contributed by atoms with Crippen LogP contribution in [0.3, 0.4) is 0 Å². The van der Waals surface area contributed by atoms with Gasteiger partial charge in [-0.2, -0.15) is 0 Å². The minimum Gasteiger partial charge on any atom is -0.441 e. The molecule has 1 aliphatic heterocycles. The van der Waals surface area contributed by atoms with Crippen LogP contribution in [0.15, 0.2) is 34.1 Å². The summed E-state index contributed by atoms with van der Waals surface area (Å²) in [6.07, 6.45) is 0.410. The number of aromatic nitrogens is 2. The number of benzene rings is 1. The molecule has 1 fully saturated rings. The second kappa shape index (κ2) is 8.85. The molecule has 1 saturated heterocycles. The average molecular weight is 447 g/mol. The molecule has 1 N–H and O–H groups in total. The molecule has 3 aromatic rings. The van der Waals surface area contributed by atoms with E-state index in [0.717, 1.165) is 30.9 Å². The molecule has 0 bridgehead atoms. The van der Waals surface area contributed by atoms with Crippen LogP contribution in [0.25, 0.3) is 11.5 Å². The average Bonchev–Trinajstić information content (AvgIpc) is 3.28. The molecular weight excluding hydrogens is 424 g/mol. The van der Waals surface area contributed by atoms with Gasteiger partial charge in [0.2, 0.25) is 5.89 Å². The molecule has 0 radical (unpaired) electrons. The van der Waals surface area contributed by atoms with Crippen molar-refractivity contribution in [2.45, 2.75) is 39.5 Å². The van der Waals surface area contributed by atoms with Gasteiger partial charge >= 0.3 is 0 Å². The summed E-state index contributed by atoms with van der Waals surface area (Å²) in [4.78, 5) is 23.9. The van der Waals surface area contributed by atoms with Crippen molar-refractivity contribution < 1.29 is 13.9 Å². The Morgan fingerprint density at radius 3 is 2.63 bits per heavy atom. The van der Waals surface area contributed by atoms with Crippen molar-refractivity contribution in [1.82, 2.24) is 14.9 Å². The van der Waals surface area contributed by atoms with Crippen LogP contribution in [0.5, 0.6) is 0 Å². The molecule has 4 rings (SSSR count). The molecular formula is C21H23ClN4O3S. The van der Waals surface area contributed by atoms with Crippen LogP contribution in [0.1, 0.15) is 35.8 Å². The molecule has 0 saturated carbocycles. The van der Waals surface area contributed by atoms with Crippen molar-refractivity contribution in [3.05, 3.63) is 51.8 Å². The summed E-state index contributed by atoms with van der Waals surface area (Å²) in [5.41, 5.74) is 1.93. The summed E-state index contributed by atoms with van der Waals surface area (Å²) in [5, 5.41) is 5.96. The molecule has 0 unspecified atom stereocenters. The predicted molar refractivity (Wildman–Crippen MR) is 117 cm³/mol. The van der Waals surface area contributed by atoms with Crippen LogP contribution in [0.4, 0.5) is 5.13 Å². The predicted octanol–water partition coefficient (Wildman–Crippen LogP) is 4.62. The Morgan fingerprint density at radius 1 is 1.23 bits per heavy atom. The third-order valence-corrected chi connectivity index (χ3v) is 5.81. The van der Waals surface area contributed by atoms with Gasteiger partial charge < -0.3 is 9.15 Å². The van der Waals surface area contributed by atoms with Gasteiger partial charge in [-0.15, -0.1) is 11.3 Å². The molecule has 3 heterocycles. The first-order chi connectivity index (χ1) is 14.4. The smallest absolute Gasteiger partial charge is 0.279 e. The lowest BCUT2D eigenvalue weighted by atomic mass is 10.2. The molecule has 7 nitrogen and oxygen atoms in total. The van der Waals surface area contributed by atoms with Gasteiger partial charge in [-0.1, -0.05) is 11.6 Å². The largest absolute Gasteiger partial charge is 0.441 e. The highest BCUT2D eigenvalue weighted by atomic mass is 35.5. The van der Waals surface area contributed by atoms with Gasteiger partial charge in [0.1, 0.15) is 5.76 Å². The summed E-state index contributed by atoms with van der Waals surface area (Å²) in [5.74, 6) is 0.487. The number of ether oxygens (including phenoxy) is 1. The van der Waals surface area contributed by atoms with Gasteiger partial charge in [0.05, 0.1) is 17.9 Å². The maximum atomic E-state index is 12.7. The zero-order valence-electron chi connectivity index (χ0n) is 17.0. The zero-order valence-corrected chi connectivity index (χ0v) is 18.6. The second-order valence-corrected chi connectivity index (χ2v) is 8.77. The van der Waals surface area contributed by atoms with Crippen molar-refractivity contribution in [1.29, 1.82) is 0 Å². The van der Waals surface area contributed by atoms with Crippen LogP contribution in [0.2, 0.25) is 5.02 Å². The lowest BCUT2D eigenvalue weighted by Gasteiger charge is -2.34. The lowest BCUT2D eigenvalue weighted by molar-refractivity contribution is -0.0707. The van der Waals surface area contributed by atoms with Crippen molar-refractivity contribution >= 4 is 34.0 Å². The van der Waals surface area contributed by atoms with Gasteiger partial charge in [-0.05, 0) is 45.0 Å². The van der Waals surface area contributed by atoms with Crippen molar-refractivity contribution in [3.63, 3.8) is 0 Å². The zero-order chi connectivity index (χ0) is 21.3. The number of hydrogen-bond acceptors (Lipinski definition) is 7. The first-order valence-electron chi connectivity index (χ1n) is 9.74. The van der Waals surface area contributed by atoms with E-state index in [4.69, 9.17) is 20.8 Å². The van der Waals surface area contributed by atoms with Gasteiger partial charge in [-0.3, -0.25) is 15.0 Å². The number of amides is 1. The number of nitrogens with one attached hydrogen (secondary N) is 1. The highest BCUT2D eigenvalue weighted by Crippen LogP contribution is 2.25. The van der Waals surface area contributed by atoms with Gasteiger partial charge in [0.25, 0.3) is 5.91 Å². The summed E-state index contributed by atoms with van der Waals surface area (Å²) < 4.78 is 11.4. The first kappa shape index (κ1) is 21.0. The molecule has 158 valence electrons. The van der Waals surface area contributed by atoms with E-state index in [9.17, 15) is 4.79 Å². The van der Waals surface area contributed by atoms with E-state index in [0.29, 0.717) is 21.8 Å². The Morgan fingerprint density at radius 2 is 1.93 bits per heavy atom. The Bertz CT molecular complexity index is 1020. The Labute approximate surface area is 184 Å². The molecule has 1 aliphatic rings. The molecule has 1 amide bonds. The standard InChI is InChI=1S/C21H23ClN4O3S/c1-12-8-26(9-13(2)28-12)10-17-11-30-21(23-17)25-19(27)18-14(3)29-20(24-18)15-4-6-16(22)7-5-15/h4-7,11-13H,8-10H2,1-3H3,(H,23,25,27)/t12-,13-/m0/s1. The Kier molecular flexibility index (Phi) is 6.19. The SMILES string of the molecule is Cc1oc(-c2ccc(Cl)cc2)nc1C(=O)Nc1nc(CN2C[C@H](C)O[C@@H](C)C2)cs1. The van der Waals surface area contributed by atoms with E-state index in [1.54, 1.807) is 31.2 Å². The normalized spacial score (nSPS) is 19.7. The maximum absolute atomic E-state index is 12.7. The number of halogens is 1. The number of anilines is 1. The number of carbonyl (C=O) groups excluding carboxylic acids is 1. The molecule has 30 heavy (non-hydrogen) atoms. The fourth-order valence-electron chi connectivity index (χ4n) is 3.56. The van der Waals surface area contributed by atoms with Crippen LogP contribution in [-0.2, 0) is 11.3 Å². The molecule has 9 heteroatoms. The highest BCUT2D eigenvalue weighted by Gasteiger charge is 2.23. The Balaban J connectivity index is 1.41. The van der Waals surface area contributed by atoms with E-state index >= 15 is 0 Å². The van der Waals surface area contributed by atoms with Crippen LogP contribution in [0, 0.1) is 6.92 Å². The van der Waals surface area contributed by atoms with Gasteiger partial charge in [0, 0.05) is 35.6 Å². The molecule has 1 aromatic carbocycles. The minimum absolute atomic E-state index is 0.205. The number of thiazole rings is 1. The number of nitrogens with zero attached hydrogens (tertiary/aromatic N) is 3. The van der Waals surface area contributed by atoms with Crippen molar-refractivity contribution in [3.8, 4) is 11.5 Å². The third-order valence-electron chi connectivity index (χ3n) is 4.76. The molecule has 2 atom stereocenters. The quantitative estimate of drug-likeness (QED) is 0.615. The highest BCUT2D eigenvalue weighted by molar-refractivity contribution is 7.13. The van der Waals surface area contributed by atoms with E-state index < -0.39 is 0 Å². The van der Waals surface area contributed by atoms with E-state index in [2.05, 4.69) is 34.0 Å². The number of aryl methyl sites for hydroxylation is 1. The number of rotatable bonds is 5. The fourth-order valence-corrected chi connectivity index (χ4v) is 4.38. The lowest BCUT2D eigenvalue weighted by Crippen LogP contribution is -2.44. The molecule has 2 aromatic heterocycles.